The number of nitrogens with two attached hydrogens (primary N) is 1. The minimum Gasteiger partial charge on any atom is -0.330 e. The summed E-state index contributed by atoms with van der Waals surface area (Å²) in [5.41, 5.74) is 5.91. The number of nitrogens with one attached hydrogen (secondary N) is 1. The van der Waals surface area contributed by atoms with Crippen molar-refractivity contribution in [3.63, 3.8) is 0 Å². The summed E-state index contributed by atoms with van der Waals surface area (Å²) < 4.78 is 25.4. The molecule has 4 heteroatoms. The molecule has 0 atom stereocenters. The minimum atomic E-state index is -0.541. The molecule has 0 aliphatic carbocycles. The van der Waals surface area contributed by atoms with Crippen LogP contribution in [-0.2, 0) is 6.54 Å². The molecule has 14 heavy (non-hydrogen) atoms. The Labute approximate surface area is 82.1 Å². The van der Waals surface area contributed by atoms with Gasteiger partial charge in [0.1, 0.15) is 11.6 Å². The summed E-state index contributed by atoms with van der Waals surface area (Å²) in [6, 6.07) is 3.50. The Morgan fingerprint density at radius 3 is 2.36 bits per heavy atom. The van der Waals surface area contributed by atoms with Crippen LogP contribution in [0.1, 0.15) is 12.0 Å². The molecule has 1 aromatic carbocycles. The minimum absolute atomic E-state index is 0.467. The van der Waals surface area contributed by atoms with E-state index in [9.17, 15) is 8.78 Å². The predicted molar refractivity (Wildman–Crippen MR) is 51.7 cm³/mol. The number of halogens is 2. The molecule has 78 valence electrons. The number of rotatable bonds is 5. The lowest BCUT2D eigenvalue weighted by Gasteiger charge is -2.04. The van der Waals surface area contributed by atoms with Crippen LogP contribution in [0.4, 0.5) is 8.78 Å². The van der Waals surface area contributed by atoms with Crippen LogP contribution < -0.4 is 11.1 Å². The average molecular weight is 200 g/mol. The smallest absolute Gasteiger partial charge is 0.126 e. The van der Waals surface area contributed by atoms with Gasteiger partial charge >= 0.3 is 0 Å². The standard InChI is InChI=1S/C10H14F2N2/c11-9-4-8(5-10(12)6-9)7-14-3-1-2-13/h4-6,14H,1-3,7,13H2. The van der Waals surface area contributed by atoms with Crippen molar-refractivity contribution in [2.75, 3.05) is 13.1 Å². The molecule has 1 aromatic rings. The topological polar surface area (TPSA) is 38.0 Å². The van der Waals surface area contributed by atoms with Crippen molar-refractivity contribution >= 4 is 0 Å². The van der Waals surface area contributed by atoms with E-state index < -0.39 is 11.6 Å². The van der Waals surface area contributed by atoms with Crippen molar-refractivity contribution in [2.24, 2.45) is 5.73 Å². The van der Waals surface area contributed by atoms with Crippen LogP contribution >= 0.6 is 0 Å². The third-order valence-corrected chi connectivity index (χ3v) is 1.81. The van der Waals surface area contributed by atoms with Crippen LogP contribution in [0.15, 0.2) is 18.2 Å². The highest BCUT2D eigenvalue weighted by molar-refractivity contribution is 5.17. The molecule has 0 heterocycles. The zero-order chi connectivity index (χ0) is 10.4. The summed E-state index contributed by atoms with van der Waals surface area (Å²) in [6.45, 7) is 1.84. The van der Waals surface area contributed by atoms with E-state index in [1.165, 1.54) is 12.1 Å². The molecule has 0 saturated carbocycles. The normalized spacial score (nSPS) is 10.5. The van der Waals surface area contributed by atoms with Crippen LogP contribution in [0.3, 0.4) is 0 Å². The fourth-order valence-corrected chi connectivity index (χ4v) is 1.17. The largest absolute Gasteiger partial charge is 0.330 e. The number of hydrogen-bond acceptors (Lipinski definition) is 2. The van der Waals surface area contributed by atoms with E-state index in [2.05, 4.69) is 5.32 Å². The van der Waals surface area contributed by atoms with Crippen LogP contribution in [0.5, 0.6) is 0 Å². The van der Waals surface area contributed by atoms with E-state index in [1.807, 2.05) is 0 Å². The molecule has 0 aliphatic heterocycles. The molecule has 0 amide bonds. The average Bonchev–Trinajstić information content (AvgIpc) is 2.11. The van der Waals surface area contributed by atoms with Crippen molar-refractivity contribution in [1.82, 2.24) is 5.32 Å². The van der Waals surface area contributed by atoms with Crippen LogP contribution in [0, 0.1) is 11.6 Å². The Bertz CT molecular complexity index is 269. The van der Waals surface area contributed by atoms with Gasteiger partial charge < -0.3 is 11.1 Å². The first-order valence-corrected chi connectivity index (χ1v) is 4.58. The molecular formula is C10H14F2N2. The van der Waals surface area contributed by atoms with Crippen LogP contribution in [0.2, 0.25) is 0 Å². The number of benzene rings is 1. The Morgan fingerprint density at radius 2 is 1.79 bits per heavy atom. The highest BCUT2D eigenvalue weighted by Gasteiger charge is 1.99. The molecule has 0 spiro atoms. The van der Waals surface area contributed by atoms with E-state index in [0.29, 0.717) is 18.7 Å². The summed E-state index contributed by atoms with van der Waals surface area (Å²) in [7, 11) is 0. The SMILES string of the molecule is NCCCNCc1cc(F)cc(F)c1. The lowest BCUT2D eigenvalue weighted by Crippen LogP contribution is -2.17. The third-order valence-electron chi connectivity index (χ3n) is 1.81. The van der Waals surface area contributed by atoms with Gasteiger partial charge in [-0.05, 0) is 37.2 Å². The Kier molecular flexibility index (Phi) is 4.49. The predicted octanol–water partition coefficient (Wildman–Crippen LogP) is 1.40. The van der Waals surface area contributed by atoms with Crippen LogP contribution in [-0.4, -0.2) is 13.1 Å². The Balaban J connectivity index is 2.42. The summed E-state index contributed by atoms with van der Waals surface area (Å²) in [5.74, 6) is -1.08. The highest BCUT2D eigenvalue weighted by atomic mass is 19.1. The van der Waals surface area contributed by atoms with Crippen molar-refractivity contribution in [1.29, 1.82) is 0 Å². The maximum Gasteiger partial charge on any atom is 0.126 e. The second-order valence-electron chi connectivity index (χ2n) is 3.10. The van der Waals surface area contributed by atoms with Crippen molar-refractivity contribution in [2.45, 2.75) is 13.0 Å². The molecule has 0 radical (unpaired) electrons. The van der Waals surface area contributed by atoms with E-state index in [0.717, 1.165) is 19.0 Å². The van der Waals surface area contributed by atoms with E-state index in [4.69, 9.17) is 5.73 Å². The Hall–Kier alpha value is -1.00. The van der Waals surface area contributed by atoms with Gasteiger partial charge in [0.25, 0.3) is 0 Å². The third kappa shape index (κ3) is 3.81. The second-order valence-corrected chi connectivity index (χ2v) is 3.10. The molecule has 0 bridgehead atoms. The fraction of sp³-hybridized carbons (Fsp3) is 0.400. The van der Waals surface area contributed by atoms with Gasteiger partial charge in [0, 0.05) is 12.6 Å². The molecule has 3 N–H and O–H groups in total. The van der Waals surface area contributed by atoms with Gasteiger partial charge in [-0.2, -0.15) is 0 Å². The van der Waals surface area contributed by atoms with Gasteiger partial charge in [0.15, 0.2) is 0 Å². The summed E-state index contributed by atoms with van der Waals surface area (Å²) in [5, 5.41) is 3.04. The second kappa shape index (κ2) is 5.67. The molecule has 0 unspecified atom stereocenters. The van der Waals surface area contributed by atoms with E-state index >= 15 is 0 Å². The summed E-state index contributed by atoms with van der Waals surface area (Å²) in [6.07, 6.45) is 0.859. The fourth-order valence-electron chi connectivity index (χ4n) is 1.17. The lowest BCUT2D eigenvalue weighted by atomic mass is 10.2. The molecule has 2 nitrogen and oxygen atoms in total. The highest BCUT2D eigenvalue weighted by Crippen LogP contribution is 2.07. The maximum atomic E-state index is 12.7. The van der Waals surface area contributed by atoms with Crippen molar-refractivity contribution < 1.29 is 8.78 Å². The monoisotopic (exact) mass is 200 g/mol. The molecule has 0 fully saturated rings. The van der Waals surface area contributed by atoms with E-state index in [-0.39, 0.29) is 0 Å². The molecule has 0 aromatic heterocycles. The maximum absolute atomic E-state index is 12.7. The van der Waals surface area contributed by atoms with Crippen molar-refractivity contribution in [3.8, 4) is 0 Å². The zero-order valence-electron chi connectivity index (χ0n) is 7.89. The molecular weight excluding hydrogens is 186 g/mol. The molecule has 1 rings (SSSR count). The summed E-state index contributed by atoms with van der Waals surface area (Å²) in [4.78, 5) is 0. The van der Waals surface area contributed by atoms with Gasteiger partial charge in [0.05, 0.1) is 0 Å². The first-order valence-electron chi connectivity index (χ1n) is 4.58. The molecule has 0 aliphatic rings. The number of hydrogen-bond donors (Lipinski definition) is 2. The molecule has 0 saturated heterocycles. The zero-order valence-corrected chi connectivity index (χ0v) is 7.89. The van der Waals surface area contributed by atoms with Gasteiger partial charge in [0.2, 0.25) is 0 Å². The quantitative estimate of drug-likeness (QED) is 0.705. The summed E-state index contributed by atoms with van der Waals surface area (Å²) >= 11 is 0. The first kappa shape index (κ1) is 11.1. The van der Waals surface area contributed by atoms with E-state index in [1.54, 1.807) is 0 Å². The van der Waals surface area contributed by atoms with Crippen LogP contribution in [0.25, 0.3) is 0 Å². The lowest BCUT2D eigenvalue weighted by molar-refractivity contribution is 0.574. The van der Waals surface area contributed by atoms with Gasteiger partial charge in [-0.1, -0.05) is 0 Å². The van der Waals surface area contributed by atoms with Gasteiger partial charge in [-0.3, -0.25) is 0 Å². The van der Waals surface area contributed by atoms with Gasteiger partial charge in [-0.15, -0.1) is 0 Å². The van der Waals surface area contributed by atoms with Gasteiger partial charge in [-0.25, -0.2) is 8.78 Å². The first-order chi connectivity index (χ1) is 6.72. The van der Waals surface area contributed by atoms with Crippen molar-refractivity contribution in [3.05, 3.63) is 35.4 Å². The Morgan fingerprint density at radius 1 is 1.14 bits per heavy atom.